The third kappa shape index (κ3) is 4.08. The van der Waals surface area contributed by atoms with E-state index in [0.717, 1.165) is 21.1 Å². The third-order valence-corrected chi connectivity index (χ3v) is 5.54. The van der Waals surface area contributed by atoms with Gasteiger partial charge in [0, 0.05) is 18.0 Å². The Labute approximate surface area is 159 Å². The van der Waals surface area contributed by atoms with Crippen LogP contribution in [0.3, 0.4) is 0 Å². The van der Waals surface area contributed by atoms with Crippen LogP contribution >= 0.6 is 23.1 Å². The van der Waals surface area contributed by atoms with Crippen molar-refractivity contribution in [1.29, 1.82) is 0 Å². The Hall–Kier alpha value is -2.32. The summed E-state index contributed by atoms with van der Waals surface area (Å²) >= 11 is 3.12. The van der Waals surface area contributed by atoms with Crippen LogP contribution in [0.1, 0.15) is 16.8 Å². The number of fused-ring (bicyclic) bond motifs is 1. The number of hydrogen-bond acceptors (Lipinski definition) is 6. The third-order valence-electron chi connectivity index (χ3n) is 3.87. The van der Waals surface area contributed by atoms with Gasteiger partial charge in [-0.2, -0.15) is 11.8 Å². The van der Waals surface area contributed by atoms with Gasteiger partial charge in [-0.05, 0) is 48.8 Å². The standard InChI is InChI=1S/C18H19N3O3S2/c1-24-17(23)14(7-10-25-2)19-16(22)12-5-6-13-15(11-12)26-18(20-13)21-8-3-4-9-21/h3-6,8-9,11,14H,7,10H2,1-2H3,(H,19,22)/t14-/m0/s1. The van der Waals surface area contributed by atoms with Crippen LogP contribution in [0.4, 0.5) is 0 Å². The number of nitrogens with one attached hydrogen (secondary N) is 1. The molecule has 1 aromatic carbocycles. The molecule has 0 aliphatic heterocycles. The molecule has 1 amide bonds. The summed E-state index contributed by atoms with van der Waals surface area (Å²) in [6.07, 6.45) is 6.34. The van der Waals surface area contributed by atoms with Gasteiger partial charge in [-0.15, -0.1) is 0 Å². The predicted molar refractivity (Wildman–Crippen MR) is 105 cm³/mol. The van der Waals surface area contributed by atoms with Gasteiger partial charge in [0.2, 0.25) is 0 Å². The van der Waals surface area contributed by atoms with E-state index >= 15 is 0 Å². The van der Waals surface area contributed by atoms with E-state index in [2.05, 4.69) is 10.3 Å². The zero-order chi connectivity index (χ0) is 18.5. The Morgan fingerprint density at radius 2 is 2.12 bits per heavy atom. The number of thiazole rings is 1. The largest absolute Gasteiger partial charge is 0.467 e. The number of hydrogen-bond donors (Lipinski definition) is 1. The maximum atomic E-state index is 12.6. The van der Waals surface area contributed by atoms with E-state index in [4.69, 9.17) is 4.74 Å². The van der Waals surface area contributed by atoms with Crippen molar-refractivity contribution in [3.8, 4) is 5.13 Å². The summed E-state index contributed by atoms with van der Waals surface area (Å²) in [5.74, 6) is 0.0363. The van der Waals surface area contributed by atoms with E-state index in [1.165, 1.54) is 18.4 Å². The SMILES string of the molecule is COC(=O)[C@H](CCSC)NC(=O)c1ccc2nc(-n3cccc3)sc2c1. The number of thioether (sulfide) groups is 1. The summed E-state index contributed by atoms with van der Waals surface area (Å²) in [7, 11) is 1.33. The van der Waals surface area contributed by atoms with E-state index in [0.29, 0.717) is 12.0 Å². The molecule has 1 atom stereocenters. The number of ether oxygens (including phenoxy) is 1. The molecular weight excluding hydrogens is 370 g/mol. The summed E-state index contributed by atoms with van der Waals surface area (Å²) < 4.78 is 7.63. The Morgan fingerprint density at radius 3 is 2.81 bits per heavy atom. The molecule has 3 aromatic rings. The van der Waals surface area contributed by atoms with Crippen molar-refractivity contribution in [2.24, 2.45) is 0 Å². The maximum absolute atomic E-state index is 12.6. The fourth-order valence-corrected chi connectivity index (χ4v) is 3.94. The van der Waals surface area contributed by atoms with Crippen molar-refractivity contribution >= 4 is 45.2 Å². The van der Waals surface area contributed by atoms with Gasteiger partial charge in [-0.3, -0.25) is 4.79 Å². The number of aromatic nitrogens is 2. The van der Waals surface area contributed by atoms with E-state index in [9.17, 15) is 9.59 Å². The van der Waals surface area contributed by atoms with Crippen LogP contribution in [0.2, 0.25) is 0 Å². The van der Waals surface area contributed by atoms with Gasteiger partial charge in [0.15, 0.2) is 5.13 Å². The first-order valence-electron chi connectivity index (χ1n) is 8.04. The number of carbonyl (C=O) groups excluding carboxylic acids is 2. The minimum atomic E-state index is -0.646. The first kappa shape index (κ1) is 18.5. The Balaban J connectivity index is 1.80. The molecule has 0 fully saturated rings. The van der Waals surface area contributed by atoms with Crippen LogP contribution in [-0.4, -0.2) is 46.6 Å². The summed E-state index contributed by atoms with van der Waals surface area (Å²) in [5, 5.41) is 3.61. The molecule has 2 aromatic heterocycles. The summed E-state index contributed by atoms with van der Waals surface area (Å²) in [5.41, 5.74) is 1.33. The number of rotatable bonds is 7. The lowest BCUT2D eigenvalue weighted by atomic mass is 10.1. The molecule has 0 saturated carbocycles. The average molecular weight is 390 g/mol. The monoisotopic (exact) mass is 389 g/mol. The Morgan fingerprint density at radius 1 is 1.35 bits per heavy atom. The van der Waals surface area contributed by atoms with Gasteiger partial charge in [0.1, 0.15) is 6.04 Å². The highest BCUT2D eigenvalue weighted by Gasteiger charge is 2.22. The van der Waals surface area contributed by atoms with Crippen LogP contribution in [0.5, 0.6) is 0 Å². The number of methoxy groups -OCH3 is 1. The first-order chi connectivity index (χ1) is 12.6. The average Bonchev–Trinajstić information content (AvgIpc) is 3.32. The molecule has 0 radical (unpaired) electrons. The van der Waals surface area contributed by atoms with Crippen molar-refractivity contribution < 1.29 is 14.3 Å². The zero-order valence-corrected chi connectivity index (χ0v) is 16.1. The lowest BCUT2D eigenvalue weighted by Crippen LogP contribution is -2.41. The molecule has 26 heavy (non-hydrogen) atoms. The molecule has 1 N–H and O–H groups in total. The number of nitrogens with zero attached hydrogens (tertiary/aromatic N) is 2. The van der Waals surface area contributed by atoms with Gasteiger partial charge in [-0.25, -0.2) is 9.78 Å². The van der Waals surface area contributed by atoms with Crippen molar-refractivity contribution in [3.63, 3.8) is 0 Å². The normalized spacial score (nSPS) is 12.1. The van der Waals surface area contributed by atoms with Crippen molar-refractivity contribution in [2.75, 3.05) is 19.1 Å². The predicted octanol–water partition coefficient (Wildman–Crippen LogP) is 3.11. The smallest absolute Gasteiger partial charge is 0.328 e. The Kier molecular flexibility index (Phi) is 5.95. The van der Waals surface area contributed by atoms with Gasteiger partial charge in [0.05, 0.1) is 17.3 Å². The number of benzene rings is 1. The molecule has 136 valence electrons. The van der Waals surface area contributed by atoms with Gasteiger partial charge in [0.25, 0.3) is 5.91 Å². The number of esters is 1. The molecule has 0 saturated heterocycles. The van der Waals surface area contributed by atoms with Crippen LogP contribution in [-0.2, 0) is 9.53 Å². The van der Waals surface area contributed by atoms with Gasteiger partial charge < -0.3 is 14.6 Å². The van der Waals surface area contributed by atoms with E-state index in [-0.39, 0.29) is 5.91 Å². The number of carbonyl (C=O) groups is 2. The van der Waals surface area contributed by atoms with Crippen molar-refractivity contribution in [2.45, 2.75) is 12.5 Å². The second-order valence-electron chi connectivity index (χ2n) is 5.60. The highest BCUT2D eigenvalue weighted by atomic mass is 32.2. The van der Waals surface area contributed by atoms with Crippen LogP contribution in [0, 0.1) is 0 Å². The summed E-state index contributed by atoms with van der Waals surface area (Å²) in [6.45, 7) is 0. The fourth-order valence-electron chi connectivity index (χ4n) is 2.49. The van der Waals surface area contributed by atoms with Crippen LogP contribution in [0.15, 0.2) is 42.7 Å². The molecule has 0 bridgehead atoms. The van der Waals surface area contributed by atoms with Gasteiger partial charge >= 0.3 is 5.97 Å². The lowest BCUT2D eigenvalue weighted by Gasteiger charge is -2.16. The molecule has 0 spiro atoms. The molecule has 3 rings (SSSR count). The molecule has 8 heteroatoms. The van der Waals surface area contributed by atoms with E-state index < -0.39 is 12.0 Å². The van der Waals surface area contributed by atoms with Crippen molar-refractivity contribution in [3.05, 3.63) is 48.3 Å². The Bertz CT molecular complexity index is 906. The molecule has 0 aliphatic carbocycles. The topological polar surface area (TPSA) is 73.2 Å². The highest BCUT2D eigenvalue weighted by molar-refractivity contribution is 7.98. The maximum Gasteiger partial charge on any atom is 0.328 e. The highest BCUT2D eigenvalue weighted by Crippen LogP contribution is 2.26. The molecule has 6 nitrogen and oxygen atoms in total. The minimum Gasteiger partial charge on any atom is -0.467 e. The molecule has 0 unspecified atom stereocenters. The number of amides is 1. The zero-order valence-electron chi connectivity index (χ0n) is 14.5. The quantitative estimate of drug-likeness (QED) is 0.629. The summed E-state index contributed by atoms with van der Waals surface area (Å²) in [6, 6.07) is 8.58. The second kappa shape index (κ2) is 8.37. The lowest BCUT2D eigenvalue weighted by molar-refractivity contribution is -0.142. The van der Waals surface area contributed by atoms with Gasteiger partial charge in [-0.1, -0.05) is 11.3 Å². The molecule has 0 aliphatic rings. The molecule has 2 heterocycles. The first-order valence-corrected chi connectivity index (χ1v) is 10.2. The minimum absolute atomic E-state index is 0.292. The van der Waals surface area contributed by atoms with Crippen molar-refractivity contribution in [1.82, 2.24) is 14.9 Å². The second-order valence-corrected chi connectivity index (χ2v) is 7.59. The van der Waals surface area contributed by atoms with E-state index in [1.54, 1.807) is 23.9 Å². The summed E-state index contributed by atoms with van der Waals surface area (Å²) in [4.78, 5) is 29.0. The van der Waals surface area contributed by atoms with E-state index in [1.807, 2.05) is 41.4 Å². The van der Waals surface area contributed by atoms with Crippen LogP contribution in [0.25, 0.3) is 15.3 Å². The van der Waals surface area contributed by atoms with Crippen LogP contribution < -0.4 is 5.32 Å². The molecular formula is C18H19N3O3S2. The fraction of sp³-hybridized carbons (Fsp3) is 0.278.